The number of aliphatic imine (C=N–C) groups is 1. The highest BCUT2D eigenvalue weighted by molar-refractivity contribution is 14.0. The lowest BCUT2D eigenvalue weighted by atomic mass is 10.0. The van der Waals surface area contributed by atoms with Gasteiger partial charge in [0.05, 0.1) is 32.1 Å². The summed E-state index contributed by atoms with van der Waals surface area (Å²) in [5, 5.41) is 6.76. The molecule has 2 aromatic rings. The maximum atomic E-state index is 13.4. The van der Waals surface area contributed by atoms with Crippen LogP contribution in [0.4, 0.5) is 4.39 Å². The van der Waals surface area contributed by atoms with Crippen LogP contribution < -0.4 is 10.6 Å². The lowest BCUT2D eigenvalue weighted by Gasteiger charge is -2.34. The molecule has 0 radical (unpaired) electrons. The van der Waals surface area contributed by atoms with Crippen molar-refractivity contribution in [1.82, 2.24) is 15.5 Å². The van der Waals surface area contributed by atoms with Gasteiger partial charge in [-0.1, -0.05) is 19.1 Å². The second-order valence-electron chi connectivity index (χ2n) is 7.09. The highest BCUT2D eigenvalue weighted by Crippen LogP contribution is 2.22. The maximum absolute atomic E-state index is 13.4. The number of hydrogen-bond acceptors (Lipinski definition) is 4. The molecule has 0 bridgehead atoms. The fourth-order valence-electron chi connectivity index (χ4n) is 3.36. The Bertz CT molecular complexity index is 734. The molecule has 2 N–H and O–H groups in total. The van der Waals surface area contributed by atoms with Crippen LogP contribution in [0.3, 0.4) is 0 Å². The fraction of sp³-hybridized carbons (Fsp3) is 0.500. The van der Waals surface area contributed by atoms with Crippen molar-refractivity contribution in [2.45, 2.75) is 25.8 Å². The van der Waals surface area contributed by atoms with Crippen LogP contribution in [-0.2, 0) is 11.2 Å². The number of guanidine groups is 1. The normalized spacial score (nSPS) is 16.0. The summed E-state index contributed by atoms with van der Waals surface area (Å²) in [6.45, 7) is 7.43. The first-order chi connectivity index (χ1) is 14.3. The standard InChI is InChI=1S/C22H31FN4O2.HI/c1-2-10-24-22(25-11-9-20-4-3-14-29-20)26-17-21(27-12-15-28-16-13-27)18-5-7-19(23)8-6-18;/h3-8,14,21H,2,9-13,15-17H2,1H3,(H2,24,25,26);1H. The Kier molecular flexibility index (Phi) is 11.2. The number of benzene rings is 1. The van der Waals surface area contributed by atoms with E-state index in [1.807, 2.05) is 24.3 Å². The smallest absolute Gasteiger partial charge is 0.191 e. The average molecular weight is 530 g/mol. The highest BCUT2D eigenvalue weighted by Gasteiger charge is 2.22. The van der Waals surface area contributed by atoms with Gasteiger partial charge < -0.3 is 19.8 Å². The number of nitrogens with zero attached hydrogens (tertiary/aromatic N) is 2. The molecule has 0 spiro atoms. The van der Waals surface area contributed by atoms with Crippen molar-refractivity contribution in [2.75, 3.05) is 45.9 Å². The molecule has 0 aliphatic carbocycles. The number of halogens is 2. The minimum Gasteiger partial charge on any atom is -0.469 e. The van der Waals surface area contributed by atoms with Crippen LogP contribution in [0.15, 0.2) is 52.1 Å². The number of ether oxygens (including phenoxy) is 1. The quantitative estimate of drug-likeness (QED) is 0.295. The molecule has 1 aromatic heterocycles. The second-order valence-corrected chi connectivity index (χ2v) is 7.09. The molecule has 1 unspecified atom stereocenters. The van der Waals surface area contributed by atoms with E-state index in [-0.39, 0.29) is 35.8 Å². The summed E-state index contributed by atoms with van der Waals surface area (Å²) in [5.74, 6) is 1.52. The van der Waals surface area contributed by atoms with Crippen molar-refractivity contribution in [3.05, 3.63) is 59.8 Å². The third-order valence-electron chi connectivity index (χ3n) is 4.95. The number of rotatable bonds is 9. The van der Waals surface area contributed by atoms with E-state index in [0.717, 1.165) is 56.3 Å². The molecular formula is C22H32FIN4O2. The molecule has 0 saturated carbocycles. The van der Waals surface area contributed by atoms with Gasteiger partial charge in [-0.2, -0.15) is 0 Å². The Morgan fingerprint density at radius 3 is 2.53 bits per heavy atom. The highest BCUT2D eigenvalue weighted by atomic mass is 127. The van der Waals surface area contributed by atoms with Crippen molar-refractivity contribution in [1.29, 1.82) is 0 Å². The molecule has 1 aliphatic heterocycles. The third-order valence-corrected chi connectivity index (χ3v) is 4.95. The van der Waals surface area contributed by atoms with Gasteiger partial charge in [-0.3, -0.25) is 9.89 Å². The molecule has 1 aliphatic rings. The Labute approximate surface area is 195 Å². The van der Waals surface area contributed by atoms with Crippen LogP contribution in [0.5, 0.6) is 0 Å². The van der Waals surface area contributed by atoms with E-state index in [1.165, 1.54) is 12.1 Å². The van der Waals surface area contributed by atoms with Gasteiger partial charge in [0.15, 0.2) is 5.96 Å². The first-order valence-corrected chi connectivity index (χ1v) is 10.4. The summed E-state index contributed by atoms with van der Waals surface area (Å²) in [4.78, 5) is 7.20. The van der Waals surface area contributed by atoms with Crippen LogP contribution in [0, 0.1) is 5.82 Å². The number of morpholine rings is 1. The summed E-state index contributed by atoms with van der Waals surface area (Å²) in [7, 11) is 0. The van der Waals surface area contributed by atoms with Gasteiger partial charge >= 0.3 is 0 Å². The number of nitrogens with one attached hydrogen (secondary N) is 2. The van der Waals surface area contributed by atoms with E-state index in [0.29, 0.717) is 19.8 Å². The van der Waals surface area contributed by atoms with Crippen LogP contribution in [0.1, 0.15) is 30.7 Å². The predicted molar refractivity (Wildman–Crippen MR) is 128 cm³/mol. The van der Waals surface area contributed by atoms with Crippen LogP contribution >= 0.6 is 24.0 Å². The molecule has 1 fully saturated rings. The topological polar surface area (TPSA) is 62.0 Å². The van der Waals surface area contributed by atoms with Gasteiger partial charge in [0, 0.05) is 32.6 Å². The summed E-state index contributed by atoms with van der Waals surface area (Å²) >= 11 is 0. The molecule has 6 nitrogen and oxygen atoms in total. The lowest BCUT2D eigenvalue weighted by Crippen LogP contribution is -2.42. The molecular weight excluding hydrogens is 498 g/mol. The Balaban J connectivity index is 0.00000320. The predicted octanol–water partition coefficient (Wildman–Crippen LogP) is 3.60. The zero-order valence-electron chi connectivity index (χ0n) is 17.5. The Morgan fingerprint density at radius 1 is 1.13 bits per heavy atom. The molecule has 2 heterocycles. The average Bonchev–Trinajstić information content (AvgIpc) is 3.27. The molecule has 0 amide bonds. The van der Waals surface area contributed by atoms with Crippen molar-refractivity contribution in [3.8, 4) is 0 Å². The van der Waals surface area contributed by atoms with Crippen LogP contribution in [-0.4, -0.2) is 56.8 Å². The molecule has 30 heavy (non-hydrogen) atoms. The summed E-state index contributed by atoms with van der Waals surface area (Å²) < 4.78 is 24.3. The van der Waals surface area contributed by atoms with Crippen molar-refractivity contribution >= 4 is 29.9 Å². The minimum absolute atomic E-state index is 0. The SMILES string of the molecule is CCCNC(=NCC(c1ccc(F)cc1)N1CCOCC1)NCCc1ccco1.I. The van der Waals surface area contributed by atoms with E-state index in [9.17, 15) is 4.39 Å². The van der Waals surface area contributed by atoms with E-state index in [1.54, 1.807) is 6.26 Å². The van der Waals surface area contributed by atoms with E-state index >= 15 is 0 Å². The van der Waals surface area contributed by atoms with Gasteiger partial charge in [0.25, 0.3) is 0 Å². The monoisotopic (exact) mass is 530 g/mol. The van der Waals surface area contributed by atoms with E-state index in [2.05, 4.69) is 22.5 Å². The number of hydrogen-bond donors (Lipinski definition) is 2. The second kappa shape index (κ2) is 13.6. The first-order valence-electron chi connectivity index (χ1n) is 10.4. The number of furan rings is 1. The zero-order chi connectivity index (χ0) is 20.3. The molecule has 1 atom stereocenters. The third kappa shape index (κ3) is 7.88. The molecule has 3 rings (SSSR count). The first kappa shape index (κ1) is 24.6. The van der Waals surface area contributed by atoms with Gasteiger partial charge in [-0.15, -0.1) is 24.0 Å². The van der Waals surface area contributed by atoms with E-state index < -0.39 is 0 Å². The molecule has 166 valence electrons. The van der Waals surface area contributed by atoms with Crippen LogP contribution in [0.25, 0.3) is 0 Å². The Hall–Kier alpha value is -1.65. The molecule has 1 aromatic carbocycles. The summed E-state index contributed by atoms with van der Waals surface area (Å²) in [5.41, 5.74) is 1.07. The zero-order valence-corrected chi connectivity index (χ0v) is 19.8. The summed E-state index contributed by atoms with van der Waals surface area (Å²) in [6, 6.07) is 10.7. The Morgan fingerprint density at radius 2 is 1.87 bits per heavy atom. The lowest BCUT2D eigenvalue weighted by molar-refractivity contribution is 0.0179. The van der Waals surface area contributed by atoms with Crippen molar-refractivity contribution in [3.63, 3.8) is 0 Å². The van der Waals surface area contributed by atoms with Crippen LogP contribution in [0.2, 0.25) is 0 Å². The van der Waals surface area contributed by atoms with Gasteiger partial charge in [-0.25, -0.2) is 4.39 Å². The molecule has 1 saturated heterocycles. The largest absolute Gasteiger partial charge is 0.469 e. The fourth-order valence-corrected chi connectivity index (χ4v) is 3.36. The summed E-state index contributed by atoms with van der Waals surface area (Å²) in [6.07, 6.45) is 3.50. The van der Waals surface area contributed by atoms with Gasteiger partial charge in [-0.05, 0) is 36.2 Å². The minimum atomic E-state index is -0.220. The van der Waals surface area contributed by atoms with E-state index in [4.69, 9.17) is 14.1 Å². The maximum Gasteiger partial charge on any atom is 0.191 e. The van der Waals surface area contributed by atoms with Gasteiger partial charge in [0.2, 0.25) is 0 Å². The van der Waals surface area contributed by atoms with Crippen molar-refractivity contribution < 1.29 is 13.5 Å². The van der Waals surface area contributed by atoms with Gasteiger partial charge in [0.1, 0.15) is 11.6 Å². The van der Waals surface area contributed by atoms with Crippen molar-refractivity contribution in [2.24, 2.45) is 4.99 Å². The molecule has 8 heteroatoms.